The molecule has 2 heterocycles. The summed E-state index contributed by atoms with van der Waals surface area (Å²) in [4.78, 5) is 13.4. The second-order valence-corrected chi connectivity index (χ2v) is 6.73. The average Bonchev–Trinajstić information content (AvgIpc) is 2.84. The van der Waals surface area contributed by atoms with Crippen LogP contribution in [0.4, 0.5) is 0 Å². The van der Waals surface area contributed by atoms with Crippen molar-refractivity contribution >= 4 is 16.9 Å². The molecule has 21 heavy (non-hydrogen) atoms. The van der Waals surface area contributed by atoms with E-state index in [0.717, 1.165) is 25.0 Å². The second kappa shape index (κ2) is 5.19. The monoisotopic (exact) mass is 287 g/mol. The standard InChI is InChI=1S/C17H21NO3/c1-17(2)5-7-18(8-6-17)11-12-3-4-14-13(9-12)10-15(21-14)16(19)20/h3-4,9-10H,5-8,11H2,1-2H3,(H,19,20). The summed E-state index contributed by atoms with van der Waals surface area (Å²) < 4.78 is 5.29. The van der Waals surface area contributed by atoms with Gasteiger partial charge in [-0.15, -0.1) is 0 Å². The molecule has 0 unspecified atom stereocenters. The molecule has 0 atom stereocenters. The van der Waals surface area contributed by atoms with Crippen molar-refractivity contribution < 1.29 is 14.3 Å². The predicted octanol–water partition coefficient (Wildman–Crippen LogP) is 3.75. The number of hydrogen-bond acceptors (Lipinski definition) is 3. The minimum atomic E-state index is -1.02. The van der Waals surface area contributed by atoms with Crippen LogP contribution in [0.15, 0.2) is 28.7 Å². The third-order valence-corrected chi connectivity index (χ3v) is 4.41. The third-order valence-electron chi connectivity index (χ3n) is 4.41. The van der Waals surface area contributed by atoms with Crippen LogP contribution in [0.1, 0.15) is 42.8 Å². The number of benzene rings is 1. The Labute approximate surface area is 124 Å². The first-order chi connectivity index (χ1) is 9.93. The summed E-state index contributed by atoms with van der Waals surface area (Å²) in [7, 11) is 0. The molecule has 0 aliphatic carbocycles. The number of fused-ring (bicyclic) bond motifs is 1. The van der Waals surface area contributed by atoms with Gasteiger partial charge in [0, 0.05) is 11.9 Å². The van der Waals surface area contributed by atoms with E-state index in [1.165, 1.54) is 18.4 Å². The van der Waals surface area contributed by atoms with E-state index in [4.69, 9.17) is 9.52 Å². The number of rotatable bonds is 3. The highest BCUT2D eigenvalue weighted by atomic mass is 16.4. The quantitative estimate of drug-likeness (QED) is 0.934. The SMILES string of the molecule is CC1(C)CCN(Cc2ccc3oc(C(=O)O)cc3c2)CC1. The maximum absolute atomic E-state index is 10.9. The van der Waals surface area contributed by atoms with Crippen LogP contribution in [-0.4, -0.2) is 29.1 Å². The number of carbonyl (C=O) groups is 1. The molecule has 0 bridgehead atoms. The lowest BCUT2D eigenvalue weighted by molar-refractivity contribution is 0.0665. The van der Waals surface area contributed by atoms with Gasteiger partial charge in [-0.25, -0.2) is 4.79 Å². The first-order valence-electron chi connectivity index (χ1n) is 7.41. The number of carboxylic acids is 1. The van der Waals surface area contributed by atoms with Gasteiger partial charge in [0.1, 0.15) is 5.58 Å². The lowest BCUT2D eigenvalue weighted by Gasteiger charge is -2.36. The molecule has 0 spiro atoms. The molecule has 0 radical (unpaired) electrons. The Hall–Kier alpha value is -1.81. The Morgan fingerprint density at radius 3 is 2.67 bits per heavy atom. The van der Waals surface area contributed by atoms with Crippen LogP contribution in [0.5, 0.6) is 0 Å². The normalized spacial score (nSPS) is 19.0. The van der Waals surface area contributed by atoms with Gasteiger partial charge in [-0.2, -0.15) is 0 Å². The molecule has 1 fully saturated rings. The largest absolute Gasteiger partial charge is 0.475 e. The molecule has 1 N–H and O–H groups in total. The van der Waals surface area contributed by atoms with E-state index < -0.39 is 5.97 Å². The molecule has 1 saturated heterocycles. The van der Waals surface area contributed by atoms with Crippen LogP contribution >= 0.6 is 0 Å². The highest BCUT2D eigenvalue weighted by molar-refractivity contribution is 5.91. The van der Waals surface area contributed by atoms with Gasteiger partial charge in [0.2, 0.25) is 5.76 Å². The highest BCUT2D eigenvalue weighted by Crippen LogP contribution is 2.30. The fourth-order valence-electron chi connectivity index (χ4n) is 2.87. The van der Waals surface area contributed by atoms with Gasteiger partial charge < -0.3 is 9.52 Å². The van der Waals surface area contributed by atoms with E-state index in [9.17, 15) is 4.79 Å². The molecule has 1 aliphatic heterocycles. The van der Waals surface area contributed by atoms with Crippen LogP contribution in [0, 0.1) is 5.41 Å². The minimum absolute atomic E-state index is 0.00173. The van der Waals surface area contributed by atoms with Crippen molar-refractivity contribution in [1.82, 2.24) is 4.90 Å². The van der Waals surface area contributed by atoms with E-state index in [1.54, 1.807) is 6.07 Å². The van der Waals surface area contributed by atoms with Crippen molar-refractivity contribution in [2.75, 3.05) is 13.1 Å². The Morgan fingerprint density at radius 1 is 1.29 bits per heavy atom. The molecular weight excluding hydrogens is 266 g/mol. The molecule has 3 rings (SSSR count). The summed E-state index contributed by atoms with van der Waals surface area (Å²) in [5, 5.41) is 9.83. The van der Waals surface area contributed by atoms with E-state index in [1.807, 2.05) is 18.2 Å². The van der Waals surface area contributed by atoms with Gasteiger partial charge in [0.05, 0.1) is 0 Å². The van der Waals surface area contributed by atoms with Gasteiger partial charge in [-0.1, -0.05) is 19.9 Å². The van der Waals surface area contributed by atoms with Crippen molar-refractivity contribution in [3.05, 3.63) is 35.6 Å². The van der Waals surface area contributed by atoms with Crippen molar-refractivity contribution in [2.45, 2.75) is 33.2 Å². The number of hydrogen-bond donors (Lipinski definition) is 1. The topological polar surface area (TPSA) is 53.7 Å². The molecular formula is C17H21NO3. The number of carboxylic acid groups (broad SMARTS) is 1. The van der Waals surface area contributed by atoms with Gasteiger partial charge in [0.25, 0.3) is 0 Å². The molecule has 112 valence electrons. The van der Waals surface area contributed by atoms with Crippen LogP contribution in [0.2, 0.25) is 0 Å². The van der Waals surface area contributed by atoms with Gasteiger partial charge in [-0.3, -0.25) is 4.90 Å². The zero-order valence-electron chi connectivity index (χ0n) is 12.6. The number of aromatic carboxylic acids is 1. The fraction of sp³-hybridized carbons (Fsp3) is 0.471. The lowest BCUT2D eigenvalue weighted by atomic mass is 9.82. The summed E-state index contributed by atoms with van der Waals surface area (Å²) >= 11 is 0. The van der Waals surface area contributed by atoms with E-state index >= 15 is 0 Å². The Morgan fingerprint density at radius 2 is 2.00 bits per heavy atom. The molecule has 4 nitrogen and oxygen atoms in total. The summed E-state index contributed by atoms with van der Waals surface area (Å²) in [6.07, 6.45) is 2.45. The Kier molecular flexibility index (Phi) is 3.49. The molecule has 1 aromatic heterocycles. The summed E-state index contributed by atoms with van der Waals surface area (Å²) in [5.41, 5.74) is 2.30. The van der Waals surface area contributed by atoms with Gasteiger partial charge >= 0.3 is 5.97 Å². The fourth-order valence-corrected chi connectivity index (χ4v) is 2.87. The lowest BCUT2D eigenvalue weighted by Crippen LogP contribution is -2.36. The van der Waals surface area contributed by atoms with Crippen LogP contribution in [-0.2, 0) is 6.54 Å². The third kappa shape index (κ3) is 3.10. The number of piperidine rings is 1. The number of likely N-dealkylation sites (tertiary alicyclic amines) is 1. The summed E-state index contributed by atoms with van der Waals surface area (Å²) in [5.74, 6) is -1.02. The van der Waals surface area contributed by atoms with Crippen molar-refractivity contribution in [2.24, 2.45) is 5.41 Å². The van der Waals surface area contributed by atoms with Crippen LogP contribution in [0.25, 0.3) is 11.0 Å². The zero-order chi connectivity index (χ0) is 15.0. The highest BCUT2D eigenvalue weighted by Gasteiger charge is 2.25. The summed E-state index contributed by atoms with van der Waals surface area (Å²) in [6, 6.07) is 7.52. The summed E-state index contributed by atoms with van der Waals surface area (Å²) in [6.45, 7) is 7.82. The van der Waals surface area contributed by atoms with E-state index in [0.29, 0.717) is 11.0 Å². The predicted molar refractivity (Wildman–Crippen MR) is 81.5 cm³/mol. The molecule has 0 saturated carbocycles. The Bertz CT molecular complexity index is 662. The van der Waals surface area contributed by atoms with E-state index in [2.05, 4.69) is 18.7 Å². The van der Waals surface area contributed by atoms with Crippen molar-refractivity contribution in [3.8, 4) is 0 Å². The maximum atomic E-state index is 10.9. The van der Waals surface area contributed by atoms with Crippen LogP contribution < -0.4 is 0 Å². The van der Waals surface area contributed by atoms with Crippen molar-refractivity contribution in [3.63, 3.8) is 0 Å². The first-order valence-corrected chi connectivity index (χ1v) is 7.41. The first kappa shape index (κ1) is 14.1. The maximum Gasteiger partial charge on any atom is 0.371 e. The van der Waals surface area contributed by atoms with Crippen molar-refractivity contribution in [1.29, 1.82) is 0 Å². The zero-order valence-corrected chi connectivity index (χ0v) is 12.6. The van der Waals surface area contributed by atoms with E-state index in [-0.39, 0.29) is 5.76 Å². The minimum Gasteiger partial charge on any atom is -0.475 e. The molecule has 0 amide bonds. The van der Waals surface area contributed by atoms with Gasteiger partial charge in [-0.05, 0) is 55.1 Å². The molecule has 1 aromatic carbocycles. The molecule has 1 aliphatic rings. The second-order valence-electron chi connectivity index (χ2n) is 6.73. The number of furan rings is 1. The Balaban J connectivity index is 1.74. The van der Waals surface area contributed by atoms with Gasteiger partial charge in [0.15, 0.2) is 0 Å². The smallest absolute Gasteiger partial charge is 0.371 e. The molecule has 4 heteroatoms. The average molecular weight is 287 g/mol. The molecule has 2 aromatic rings. The number of nitrogens with zero attached hydrogens (tertiary/aromatic N) is 1. The van der Waals surface area contributed by atoms with Crippen LogP contribution in [0.3, 0.4) is 0 Å².